The van der Waals surface area contributed by atoms with Crippen molar-refractivity contribution in [3.05, 3.63) is 35.4 Å². The maximum absolute atomic E-state index is 6.00. The van der Waals surface area contributed by atoms with Crippen LogP contribution in [-0.2, 0) is 9.47 Å². The molecule has 1 N–H and O–H groups in total. The Hall–Kier alpha value is -0.900. The first-order valence-electron chi connectivity index (χ1n) is 8.25. The highest BCUT2D eigenvalue weighted by Crippen LogP contribution is 2.18. The van der Waals surface area contributed by atoms with Gasteiger partial charge in [-0.3, -0.25) is 0 Å². The van der Waals surface area contributed by atoms with Crippen molar-refractivity contribution in [1.82, 2.24) is 5.32 Å². The van der Waals surface area contributed by atoms with Crippen molar-refractivity contribution in [3.63, 3.8) is 0 Å². The highest BCUT2D eigenvalue weighted by atomic mass is 16.5. The summed E-state index contributed by atoms with van der Waals surface area (Å²) < 4.78 is 11.4. The quantitative estimate of drug-likeness (QED) is 0.795. The summed E-state index contributed by atoms with van der Waals surface area (Å²) in [6, 6.07) is 9.06. The van der Waals surface area contributed by atoms with Crippen molar-refractivity contribution in [1.29, 1.82) is 0 Å². The lowest BCUT2D eigenvalue weighted by atomic mass is 10.0. The molecule has 0 saturated carbocycles. The van der Waals surface area contributed by atoms with Crippen LogP contribution in [0.5, 0.6) is 0 Å². The zero-order chi connectivity index (χ0) is 14.9. The maximum Gasteiger partial charge on any atom is 0.0661 e. The molecular weight excluding hydrogens is 262 g/mol. The largest absolute Gasteiger partial charge is 0.381 e. The first kappa shape index (κ1) is 16.5. The van der Waals surface area contributed by atoms with Gasteiger partial charge >= 0.3 is 0 Å². The van der Waals surface area contributed by atoms with Gasteiger partial charge in [-0.15, -0.1) is 0 Å². The molecule has 3 heteroatoms. The van der Waals surface area contributed by atoms with Gasteiger partial charge in [-0.2, -0.15) is 0 Å². The van der Waals surface area contributed by atoms with Gasteiger partial charge in [-0.1, -0.05) is 36.8 Å². The average Bonchev–Trinajstić information content (AvgIpc) is 2.53. The molecule has 3 nitrogen and oxygen atoms in total. The van der Waals surface area contributed by atoms with E-state index >= 15 is 0 Å². The third kappa shape index (κ3) is 5.77. The molecule has 0 amide bonds. The van der Waals surface area contributed by atoms with E-state index in [1.807, 2.05) is 0 Å². The Kier molecular flexibility index (Phi) is 7.20. The van der Waals surface area contributed by atoms with Crippen LogP contribution in [0.1, 0.15) is 43.4 Å². The standard InChI is InChI=1S/C18H29NO2/c1-3-10-19-18(17-6-4-15(2)5-7-17)14-21-13-16-8-11-20-12-9-16/h4-7,16,18-19H,3,8-14H2,1-2H3. The highest BCUT2D eigenvalue weighted by Gasteiger charge is 2.16. The average molecular weight is 291 g/mol. The fourth-order valence-corrected chi connectivity index (χ4v) is 2.66. The third-order valence-electron chi connectivity index (χ3n) is 4.10. The molecule has 1 aliphatic rings. The van der Waals surface area contributed by atoms with Gasteiger partial charge in [0.1, 0.15) is 0 Å². The van der Waals surface area contributed by atoms with E-state index in [1.54, 1.807) is 0 Å². The van der Waals surface area contributed by atoms with E-state index in [2.05, 4.69) is 43.4 Å². The molecule has 0 aromatic heterocycles. The summed E-state index contributed by atoms with van der Waals surface area (Å²) in [6.07, 6.45) is 3.41. The van der Waals surface area contributed by atoms with Gasteiger partial charge in [0.25, 0.3) is 0 Å². The number of benzene rings is 1. The zero-order valence-corrected chi connectivity index (χ0v) is 13.4. The Labute approximate surface area is 129 Å². The fraction of sp³-hybridized carbons (Fsp3) is 0.667. The van der Waals surface area contributed by atoms with Crippen LogP contribution in [0.15, 0.2) is 24.3 Å². The summed E-state index contributed by atoms with van der Waals surface area (Å²) in [5, 5.41) is 3.59. The predicted molar refractivity (Wildman–Crippen MR) is 86.6 cm³/mol. The Morgan fingerprint density at radius 2 is 1.95 bits per heavy atom. The highest BCUT2D eigenvalue weighted by molar-refractivity contribution is 5.24. The van der Waals surface area contributed by atoms with Crippen LogP contribution in [0.25, 0.3) is 0 Å². The molecule has 1 saturated heterocycles. The molecular formula is C18H29NO2. The molecule has 1 aromatic carbocycles. The van der Waals surface area contributed by atoms with E-state index in [9.17, 15) is 0 Å². The van der Waals surface area contributed by atoms with Crippen molar-refractivity contribution in [3.8, 4) is 0 Å². The third-order valence-corrected chi connectivity index (χ3v) is 4.10. The molecule has 1 aliphatic heterocycles. The number of hydrogen-bond donors (Lipinski definition) is 1. The van der Waals surface area contributed by atoms with Gasteiger partial charge < -0.3 is 14.8 Å². The Morgan fingerprint density at radius 1 is 1.24 bits per heavy atom. The van der Waals surface area contributed by atoms with E-state index in [-0.39, 0.29) is 0 Å². The molecule has 0 bridgehead atoms. The molecule has 21 heavy (non-hydrogen) atoms. The zero-order valence-electron chi connectivity index (χ0n) is 13.4. The monoisotopic (exact) mass is 291 g/mol. The molecule has 0 aliphatic carbocycles. The number of rotatable bonds is 8. The second-order valence-corrected chi connectivity index (χ2v) is 6.01. The summed E-state index contributed by atoms with van der Waals surface area (Å²) in [5.41, 5.74) is 2.62. The van der Waals surface area contributed by atoms with Gasteiger partial charge in [0, 0.05) is 19.8 Å². The van der Waals surface area contributed by atoms with Crippen molar-refractivity contribution in [2.75, 3.05) is 33.0 Å². The molecule has 1 unspecified atom stereocenters. The van der Waals surface area contributed by atoms with Gasteiger partial charge in [0.15, 0.2) is 0 Å². The van der Waals surface area contributed by atoms with Crippen LogP contribution in [0.3, 0.4) is 0 Å². The fourth-order valence-electron chi connectivity index (χ4n) is 2.66. The van der Waals surface area contributed by atoms with Crippen molar-refractivity contribution < 1.29 is 9.47 Å². The first-order valence-corrected chi connectivity index (χ1v) is 8.25. The molecule has 1 aromatic rings. The van der Waals surface area contributed by atoms with Crippen LogP contribution in [0.2, 0.25) is 0 Å². The number of ether oxygens (including phenoxy) is 2. The molecule has 1 fully saturated rings. The van der Waals surface area contributed by atoms with Crippen LogP contribution < -0.4 is 5.32 Å². The van der Waals surface area contributed by atoms with E-state index in [0.29, 0.717) is 12.0 Å². The predicted octanol–water partition coefficient (Wildman–Crippen LogP) is 3.48. The van der Waals surface area contributed by atoms with Gasteiger partial charge in [-0.05, 0) is 44.2 Å². The lowest BCUT2D eigenvalue weighted by Crippen LogP contribution is -2.28. The molecule has 1 atom stereocenters. The lowest BCUT2D eigenvalue weighted by molar-refractivity contribution is 0.0151. The second kappa shape index (κ2) is 9.19. The summed E-state index contributed by atoms with van der Waals surface area (Å²) in [7, 11) is 0. The first-order chi connectivity index (χ1) is 10.3. The van der Waals surface area contributed by atoms with Crippen LogP contribution >= 0.6 is 0 Å². The topological polar surface area (TPSA) is 30.5 Å². The van der Waals surface area contributed by atoms with Gasteiger partial charge in [-0.25, -0.2) is 0 Å². The molecule has 0 radical (unpaired) electrons. The summed E-state index contributed by atoms with van der Waals surface area (Å²) in [5.74, 6) is 0.670. The molecule has 118 valence electrons. The molecule has 1 heterocycles. The van der Waals surface area contributed by atoms with Crippen LogP contribution in [0, 0.1) is 12.8 Å². The molecule has 0 spiro atoms. The minimum Gasteiger partial charge on any atom is -0.381 e. The Morgan fingerprint density at radius 3 is 2.62 bits per heavy atom. The number of aryl methyl sites for hydroxylation is 1. The van der Waals surface area contributed by atoms with Crippen molar-refractivity contribution in [2.45, 2.75) is 39.2 Å². The molecule has 2 rings (SSSR count). The van der Waals surface area contributed by atoms with E-state index in [1.165, 1.54) is 11.1 Å². The Bertz CT molecular complexity index is 385. The summed E-state index contributed by atoms with van der Waals surface area (Å²) >= 11 is 0. The van der Waals surface area contributed by atoms with E-state index in [0.717, 1.165) is 52.2 Å². The maximum atomic E-state index is 6.00. The lowest BCUT2D eigenvalue weighted by Gasteiger charge is -2.24. The SMILES string of the molecule is CCCNC(COCC1CCOCC1)c1ccc(C)cc1. The minimum absolute atomic E-state index is 0.297. The van der Waals surface area contributed by atoms with E-state index in [4.69, 9.17) is 9.47 Å². The van der Waals surface area contributed by atoms with Gasteiger partial charge in [0.2, 0.25) is 0 Å². The summed E-state index contributed by atoms with van der Waals surface area (Å²) in [4.78, 5) is 0. The van der Waals surface area contributed by atoms with Crippen LogP contribution in [-0.4, -0.2) is 33.0 Å². The van der Waals surface area contributed by atoms with Gasteiger partial charge in [0.05, 0.1) is 12.6 Å². The van der Waals surface area contributed by atoms with Crippen molar-refractivity contribution >= 4 is 0 Å². The minimum atomic E-state index is 0.297. The number of nitrogens with one attached hydrogen (secondary N) is 1. The van der Waals surface area contributed by atoms with Crippen molar-refractivity contribution in [2.24, 2.45) is 5.92 Å². The summed E-state index contributed by atoms with van der Waals surface area (Å²) in [6.45, 7) is 8.74. The number of hydrogen-bond acceptors (Lipinski definition) is 3. The van der Waals surface area contributed by atoms with E-state index < -0.39 is 0 Å². The Balaban J connectivity index is 1.82. The second-order valence-electron chi connectivity index (χ2n) is 6.01. The van der Waals surface area contributed by atoms with Crippen LogP contribution in [0.4, 0.5) is 0 Å². The normalized spacial score (nSPS) is 17.8. The smallest absolute Gasteiger partial charge is 0.0661 e.